The summed E-state index contributed by atoms with van der Waals surface area (Å²) in [5.74, 6) is 1.67. The molecule has 20 heavy (non-hydrogen) atoms. The van der Waals surface area contributed by atoms with Crippen molar-refractivity contribution in [1.29, 1.82) is 0 Å². The van der Waals surface area contributed by atoms with E-state index >= 15 is 0 Å². The molecule has 0 heterocycles. The minimum absolute atomic E-state index is 0.247. The van der Waals surface area contributed by atoms with Crippen LogP contribution in [-0.4, -0.2) is 47.8 Å². The van der Waals surface area contributed by atoms with Gasteiger partial charge < -0.3 is 23.7 Å². The van der Waals surface area contributed by atoms with Crippen molar-refractivity contribution in [3.05, 3.63) is 17.7 Å². The summed E-state index contributed by atoms with van der Waals surface area (Å²) in [5.41, 5.74) is 0.861. The van der Waals surface area contributed by atoms with Crippen molar-refractivity contribution in [3.8, 4) is 17.2 Å². The highest BCUT2D eigenvalue weighted by Crippen LogP contribution is 2.38. The Balaban J connectivity index is 2.75. The van der Waals surface area contributed by atoms with Gasteiger partial charge in [0.25, 0.3) is 0 Å². The molecule has 6 nitrogen and oxygen atoms in total. The van der Waals surface area contributed by atoms with Crippen LogP contribution in [0.15, 0.2) is 12.1 Å². The summed E-state index contributed by atoms with van der Waals surface area (Å²) < 4.78 is 26.2. The molecule has 1 rings (SSSR count). The smallest absolute Gasteiger partial charge is 0.203 e. The number of hydrogen-bond acceptors (Lipinski definition) is 5. The van der Waals surface area contributed by atoms with Crippen LogP contribution in [0.3, 0.4) is 0 Å². The van der Waals surface area contributed by atoms with Crippen molar-refractivity contribution in [2.24, 2.45) is 0 Å². The van der Waals surface area contributed by atoms with Crippen LogP contribution in [0.2, 0.25) is 0 Å². The van der Waals surface area contributed by atoms with Gasteiger partial charge in [-0.1, -0.05) is 0 Å². The predicted molar refractivity (Wildman–Crippen MR) is 72.1 cm³/mol. The standard InChI is InChI=1S/C14H21O6/c1-16-11(7-15)9-20-8-10-5-12(17-2)14(19-4)13(6-10)18-3/h5-6,11H,7-9H2,1-4H3. The van der Waals surface area contributed by atoms with Gasteiger partial charge in [-0.25, -0.2) is 5.11 Å². The summed E-state index contributed by atoms with van der Waals surface area (Å²) in [6.07, 6.45) is -0.433. The normalized spacial score (nSPS) is 12.1. The van der Waals surface area contributed by atoms with Crippen LogP contribution < -0.4 is 14.2 Å². The molecule has 0 saturated heterocycles. The second-order valence-electron chi connectivity index (χ2n) is 4.07. The molecule has 0 saturated carbocycles. The molecule has 0 spiro atoms. The molecule has 1 aromatic rings. The van der Waals surface area contributed by atoms with Crippen molar-refractivity contribution < 1.29 is 28.8 Å². The second-order valence-corrected chi connectivity index (χ2v) is 4.07. The molecule has 1 unspecified atom stereocenters. The van der Waals surface area contributed by atoms with E-state index in [1.807, 2.05) is 0 Å². The summed E-state index contributed by atoms with van der Waals surface area (Å²) in [6, 6.07) is 3.61. The maximum absolute atomic E-state index is 10.7. The molecule has 0 aliphatic rings. The molecule has 113 valence electrons. The summed E-state index contributed by atoms with van der Waals surface area (Å²) in [6.45, 7) is 0.249. The lowest BCUT2D eigenvalue weighted by Gasteiger charge is -2.15. The van der Waals surface area contributed by atoms with Crippen LogP contribution >= 0.6 is 0 Å². The molecule has 0 aliphatic carbocycles. The number of rotatable bonds is 9. The zero-order valence-electron chi connectivity index (χ0n) is 12.3. The Morgan fingerprint density at radius 3 is 2.00 bits per heavy atom. The Morgan fingerprint density at radius 2 is 1.60 bits per heavy atom. The van der Waals surface area contributed by atoms with Crippen LogP contribution in [0.1, 0.15) is 5.56 Å². The fraction of sp³-hybridized carbons (Fsp3) is 0.571. The van der Waals surface area contributed by atoms with Gasteiger partial charge >= 0.3 is 0 Å². The van der Waals surface area contributed by atoms with E-state index < -0.39 is 6.10 Å². The van der Waals surface area contributed by atoms with Gasteiger partial charge in [-0.2, -0.15) is 0 Å². The minimum Gasteiger partial charge on any atom is -0.493 e. The first-order chi connectivity index (χ1) is 9.69. The largest absolute Gasteiger partial charge is 0.493 e. The van der Waals surface area contributed by atoms with Crippen molar-refractivity contribution in [1.82, 2.24) is 0 Å². The highest BCUT2D eigenvalue weighted by Gasteiger charge is 2.13. The lowest BCUT2D eigenvalue weighted by molar-refractivity contribution is -0.0401. The second kappa shape index (κ2) is 8.63. The van der Waals surface area contributed by atoms with Crippen molar-refractivity contribution in [3.63, 3.8) is 0 Å². The maximum Gasteiger partial charge on any atom is 0.203 e. The number of hydrogen-bond donors (Lipinski definition) is 0. The van der Waals surface area contributed by atoms with Crippen LogP contribution in [-0.2, 0) is 21.2 Å². The third-order valence-corrected chi connectivity index (χ3v) is 2.82. The highest BCUT2D eigenvalue weighted by molar-refractivity contribution is 5.53. The van der Waals surface area contributed by atoms with Gasteiger partial charge in [0.2, 0.25) is 5.75 Å². The number of methoxy groups -OCH3 is 4. The van der Waals surface area contributed by atoms with E-state index in [0.29, 0.717) is 23.9 Å². The van der Waals surface area contributed by atoms with E-state index in [1.54, 1.807) is 33.5 Å². The summed E-state index contributed by atoms with van der Waals surface area (Å²) in [5, 5.41) is 10.7. The van der Waals surface area contributed by atoms with Gasteiger partial charge in [0.1, 0.15) is 12.7 Å². The molecular weight excluding hydrogens is 264 g/mol. The SMILES string of the molecule is COc1cc(COCC(C[O])OC)cc(OC)c1OC. The summed E-state index contributed by atoms with van der Waals surface area (Å²) in [7, 11) is 6.15. The van der Waals surface area contributed by atoms with E-state index in [0.717, 1.165) is 5.56 Å². The van der Waals surface area contributed by atoms with Crippen molar-refractivity contribution in [2.75, 3.05) is 41.7 Å². The lowest BCUT2D eigenvalue weighted by atomic mass is 10.2. The third-order valence-electron chi connectivity index (χ3n) is 2.82. The fourth-order valence-electron chi connectivity index (χ4n) is 1.71. The molecule has 0 aliphatic heterocycles. The average molecular weight is 285 g/mol. The van der Waals surface area contributed by atoms with E-state index in [-0.39, 0.29) is 13.2 Å². The first kappa shape index (κ1) is 16.6. The van der Waals surface area contributed by atoms with Gasteiger partial charge in [-0.05, 0) is 17.7 Å². The topological polar surface area (TPSA) is 66.1 Å². The molecule has 1 atom stereocenters. The fourth-order valence-corrected chi connectivity index (χ4v) is 1.71. The average Bonchev–Trinajstić information content (AvgIpc) is 2.50. The van der Waals surface area contributed by atoms with Crippen molar-refractivity contribution >= 4 is 0 Å². The van der Waals surface area contributed by atoms with Gasteiger partial charge in [0.15, 0.2) is 11.5 Å². The van der Waals surface area contributed by atoms with Gasteiger partial charge in [-0.3, -0.25) is 0 Å². The molecular formula is C14H21O6. The lowest BCUT2D eigenvalue weighted by Crippen LogP contribution is -2.21. The highest BCUT2D eigenvalue weighted by atomic mass is 16.5. The van der Waals surface area contributed by atoms with E-state index in [9.17, 15) is 5.11 Å². The van der Waals surface area contributed by atoms with Gasteiger partial charge in [0, 0.05) is 7.11 Å². The van der Waals surface area contributed by atoms with Crippen molar-refractivity contribution in [2.45, 2.75) is 12.7 Å². The van der Waals surface area contributed by atoms with Crippen LogP contribution in [0, 0.1) is 0 Å². The van der Waals surface area contributed by atoms with Crippen LogP contribution in [0.25, 0.3) is 0 Å². The number of ether oxygens (including phenoxy) is 5. The third kappa shape index (κ3) is 4.26. The van der Waals surface area contributed by atoms with Crippen LogP contribution in [0.4, 0.5) is 0 Å². The Morgan fingerprint density at radius 1 is 1.00 bits per heavy atom. The zero-order chi connectivity index (χ0) is 15.0. The Kier molecular flexibility index (Phi) is 7.14. The Bertz CT molecular complexity index is 378. The van der Waals surface area contributed by atoms with Gasteiger partial charge in [-0.15, -0.1) is 0 Å². The van der Waals surface area contributed by atoms with Gasteiger partial charge in [0.05, 0.1) is 34.5 Å². The Labute approximate surface area is 119 Å². The minimum atomic E-state index is -0.433. The maximum atomic E-state index is 10.7. The molecule has 1 aromatic carbocycles. The molecule has 6 heteroatoms. The predicted octanol–water partition coefficient (Wildman–Crippen LogP) is 1.67. The monoisotopic (exact) mass is 285 g/mol. The molecule has 0 bridgehead atoms. The molecule has 0 fully saturated rings. The quantitative estimate of drug-likeness (QED) is 0.690. The molecule has 1 radical (unpaired) electrons. The molecule has 0 N–H and O–H groups in total. The van der Waals surface area contributed by atoms with Crippen LogP contribution in [0.5, 0.6) is 17.2 Å². The molecule has 0 amide bonds. The Hall–Kier alpha value is -1.50. The summed E-state index contributed by atoms with van der Waals surface area (Å²) >= 11 is 0. The summed E-state index contributed by atoms with van der Waals surface area (Å²) in [4.78, 5) is 0. The molecule has 0 aromatic heterocycles. The van der Waals surface area contributed by atoms with E-state index in [4.69, 9.17) is 23.7 Å². The first-order valence-electron chi connectivity index (χ1n) is 6.17. The van der Waals surface area contributed by atoms with E-state index in [2.05, 4.69) is 0 Å². The van der Waals surface area contributed by atoms with E-state index in [1.165, 1.54) is 7.11 Å². The first-order valence-corrected chi connectivity index (χ1v) is 6.17. The zero-order valence-corrected chi connectivity index (χ0v) is 12.3. The number of benzene rings is 1.